The molecule has 4 N–H and O–H groups in total. The van der Waals surface area contributed by atoms with Gasteiger partial charge in [0.1, 0.15) is 0 Å². The first-order valence-electron chi connectivity index (χ1n) is 5.02. The molecule has 0 saturated carbocycles. The predicted octanol–water partition coefficient (Wildman–Crippen LogP) is 0.814. The Labute approximate surface area is 85.9 Å². The van der Waals surface area contributed by atoms with Crippen molar-refractivity contribution >= 4 is 5.97 Å². The summed E-state index contributed by atoms with van der Waals surface area (Å²) in [4.78, 5) is 10.3. The van der Waals surface area contributed by atoms with Crippen LogP contribution in [0.4, 0.5) is 0 Å². The predicted molar refractivity (Wildman–Crippen MR) is 57.2 cm³/mol. The number of hydrogen-bond donors (Lipinski definition) is 3. The number of carboxylic acids is 1. The van der Waals surface area contributed by atoms with E-state index in [4.69, 9.17) is 10.8 Å². The second kappa shape index (κ2) is 5.98. The van der Waals surface area contributed by atoms with Crippen LogP contribution in [0.15, 0.2) is 0 Å². The third-order valence-electron chi connectivity index (χ3n) is 1.92. The maximum Gasteiger partial charge on any atom is 0.303 e. The first kappa shape index (κ1) is 13.4. The summed E-state index contributed by atoms with van der Waals surface area (Å²) in [7, 11) is 0. The van der Waals surface area contributed by atoms with E-state index in [9.17, 15) is 4.79 Å². The van der Waals surface area contributed by atoms with Crippen LogP contribution in [0, 0.1) is 5.92 Å². The largest absolute Gasteiger partial charge is 0.481 e. The fraction of sp³-hybridized carbons (Fsp3) is 0.900. The van der Waals surface area contributed by atoms with E-state index in [2.05, 4.69) is 5.32 Å². The zero-order valence-electron chi connectivity index (χ0n) is 9.34. The lowest BCUT2D eigenvalue weighted by atomic mass is 10.0. The van der Waals surface area contributed by atoms with E-state index >= 15 is 0 Å². The maximum atomic E-state index is 10.3. The molecule has 1 unspecified atom stereocenters. The van der Waals surface area contributed by atoms with E-state index in [1.807, 2.05) is 20.8 Å². The van der Waals surface area contributed by atoms with Crippen molar-refractivity contribution in [2.24, 2.45) is 11.7 Å². The van der Waals surface area contributed by atoms with Gasteiger partial charge in [-0.25, -0.2) is 0 Å². The van der Waals surface area contributed by atoms with Crippen molar-refractivity contribution in [2.75, 3.05) is 13.1 Å². The minimum Gasteiger partial charge on any atom is -0.481 e. The number of rotatable bonds is 7. The van der Waals surface area contributed by atoms with Gasteiger partial charge in [-0.1, -0.05) is 6.92 Å². The molecule has 0 saturated heterocycles. The number of nitrogens with two attached hydrogens (primary N) is 1. The highest BCUT2D eigenvalue weighted by molar-refractivity contribution is 5.66. The second-order valence-corrected chi connectivity index (χ2v) is 4.66. The normalized spacial score (nSPS) is 14.0. The molecule has 0 aliphatic rings. The van der Waals surface area contributed by atoms with E-state index in [1.54, 1.807) is 0 Å². The van der Waals surface area contributed by atoms with Gasteiger partial charge in [0.15, 0.2) is 0 Å². The summed E-state index contributed by atoms with van der Waals surface area (Å²) in [6.07, 6.45) is 0.961. The van der Waals surface area contributed by atoms with Gasteiger partial charge in [-0.05, 0) is 32.7 Å². The molecule has 0 aliphatic heterocycles. The van der Waals surface area contributed by atoms with Gasteiger partial charge in [0, 0.05) is 18.5 Å². The average molecular weight is 202 g/mol. The molecule has 0 aromatic heterocycles. The fourth-order valence-corrected chi connectivity index (χ4v) is 1.11. The molecule has 0 fully saturated rings. The van der Waals surface area contributed by atoms with Crippen molar-refractivity contribution in [3.63, 3.8) is 0 Å². The van der Waals surface area contributed by atoms with Crippen molar-refractivity contribution in [1.29, 1.82) is 0 Å². The number of aliphatic carboxylic acids is 1. The Morgan fingerprint density at radius 1 is 1.57 bits per heavy atom. The molecular weight excluding hydrogens is 180 g/mol. The van der Waals surface area contributed by atoms with Crippen LogP contribution in [0.1, 0.15) is 33.6 Å². The summed E-state index contributed by atoms with van der Waals surface area (Å²) < 4.78 is 0. The average Bonchev–Trinajstić information content (AvgIpc) is 1.98. The number of carboxylic acid groups (broad SMARTS) is 1. The van der Waals surface area contributed by atoms with Gasteiger partial charge in [-0.15, -0.1) is 0 Å². The van der Waals surface area contributed by atoms with E-state index in [0.29, 0.717) is 12.3 Å². The monoisotopic (exact) mass is 202 g/mol. The van der Waals surface area contributed by atoms with Crippen LogP contribution in [0.25, 0.3) is 0 Å². The molecule has 0 rings (SSSR count). The Hall–Kier alpha value is -0.610. The van der Waals surface area contributed by atoms with Crippen LogP contribution in [0.5, 0.6) is 0 Å². The van der Waals surface area contributed by atoms with Crippen LogP contribution >= 0.6 is 0 Å². The Kier molecular flexibility index (Phi) is 5.72. The van der Waals surface area contributed by atoms with E-state index in [1.165, 1.54) is 0 Å². The molecule has 84 valence electrons. The smallest absolute Gasteiger partial charge is 0.303 e. The lowest BCUT2D eigenvalue weighted by molar-refractivity contribution is -0.137. The van der Waals surface area contributed by atoms with Gasteiger partial charge < -0.3 is 16.2 Å². The fourth-order valence-electron chi connectivity index (χ4n) is 1.11. The lowest BCUT2D eigenvalue weighted by Crippen LogP contribution is -2.44. The van der Waals surface area contributed by atoms with E-state index in [0.717, 1.165) is 13.1 Å². The van der Waals surface area contributed by atoms with Crippen molar-refractivity contribution in [2.45, 2.75) is 39.2 Å². The summed E-state index contributed by atoms with van der Waals surface area (Å²) >= 11 is 0. The molecule has 0 amide bonds. The minimum atomic E-state index is -0.726. The lowest BCUT2D eigenvalue weighted by Gasteiger charge is -2.20. The highest BCUT2D eigenvalue weighted by atomic mass is 16.4. The van der Waals surface area contributed by atoms with Crippen LogP contribution in [0.3, 0.4) is 0 Å². The van der Waals surface area contributed by atoms with Crippen molar-refractivity contribution in [3.05, 3.63) is 0 Å². The molecule has 0 bridgehead atoms. The summed E-state index contributed by atoms with van der Waals surface area (Å²) in [5.41, 5.74) is 5.59. The number of hydrogen-bond acceptors (Lipinski definition) is 3. The van der Waals surface area contributed by atoms with Crippen LogP contribution in [-0.4, -0.2) is 29.7 Å². The molecule has 0 aromatic carbocycles. The van der Waals surface area contributed by atoms with Gasteiger partial charge in [0.2, 0.25) is 0 Å². The molecule has 4 nitrogen and oxygen atoms in total. The number of nitrogens with one attached hydrogen (secondary N) is 1. The third-order valence-corrected chi connectivity index (χ3v) is 1.92. The molecule has 0 radical (unpaired) electrons. The van der Waals surface area contributed by atoms with Crippen LogP contribution < -0.4 is 11.1 Å². The molecule has 0 aromatic rings. The summed E-state index contributed by atoms with van der Waals surface area (Å²) in [6.45, 7) is 7.54. The minimum absolute atomic E-state index is 0.202. The summed E-state index contributed by atoms with van der Waals surface area (Å²) in [5, 5.41) is 11.7. The Morgan fingerprint density at radius 2 is 2.14 bits per heavy atom. The van der Waals surface area contributed by atoms with Crippen LogP contribution in [-0.2, 0) is 4.79 Å². The van der Waals surface area contributed by atoms with Gasteiger partial charge in [0.05, 0.1) is 0 Å². The van der Waals surface area contributed by atoms with Gasteiger partial charge in [0.25, 0.3) is 0 Å². The first-order valence-corrected chi connectivity index (χ1v) is 5.02. The standard InChI is InChI=1S/C10H22N2O2/c1-8(4-5-9(13)14)6-12-7-10(2,3)11/h8,12H,4-7,11H2,1-3H3,(H,13,14). The Balaban J connectivity index is 3.45. The zero-order valence-corrected chi connectivity index (χ0v) is 9.34. The Bertz CT molecular complexity index is 175. The maximum absolute atomic E-state index is 10.3. The molecule has 0 aliphatic carbocycles. The van der Waals surface area contributed by atoms with Crippen molar-refractivity contribution in [3.8, 4) is 0 Å². The SMILES string of the molecule is CC(CCC(=O)O)CNCC(C)(C)N. The van der Waals surface area contributed by atoms with Gasteiger partial charge in [-0.2, -0.15) is 0 Å². The van der Waals surface area contributed by atoms with E-state index < -0.39 is 5.97 Å². The quantitative estimate of drug-likeness (QED) is 0.571. The highest BCUT2D eigenvalue weighted by Gasteiger charge is 2.11. The molecule has 0 heterocycles. The number of carbonyl (C=O) groups is 1. The molecule has 14 heavy (non-hydrogen) atoms. The molecule has 0 spiro atoms. The Morgan fingerprint density at radius 3 is 2.57 bits per heavy atom. The van der Waals surface area contributed by atoms with E-state index in [-0.39, 0.29) is 12.0 Å². The van der Waals surface area contributed by atoms with Crippen molar-refractivity contribution in [1.82, 2.24) is 5.32 Å². The summed E-state index contributed by atoms with van der Waals surface area (Å²) in [6, 6.07) is 0. The third kappa shape index (κ3) is 9.48. The van der Waals surface area contributed by atoms with Gasteiger partial charge >= 0.3 is 5.97 Å². The zero-order chi connectivity index (χ0) is 11.2. The first-order chi connectivity index (χ1) is 6.31. The van der Waals surface area contributed by atoms with Gasteiger partial charge in [-0.3, -0.25) is 4.79 Å². The van der Waals surface area contributed by atoms with Crippen molar-refractivity contribution < 1.29 is 9.90 Å². The second-order valence-electron chi connectivity index (χ2n) is 4.66. The molecule has 4 heteroatoms. The summed E-state index contributed by atoms with van der Waals surface area (Å²) in [5.74, 6) is -0.343. The topological polar surface area (TPSA) is 75.3 Å². The molecule has 1 atom stereocenters. The van der Waals surface area contributed by atoms with Crippen LogP contribution in [0.2, 0.25) is 0 Å². The highest BCUT2D eigenvalue weighted by Crippen LogP contribution is 2.04. The molecular formula is C10H22N2O2.